The van der Waals surface area contributed by atoms with Crippen LogP contribution in [0, 0.1) is 0 Å². The minimum absolute atomic E-state index is 0.127. The van der Waals surface area contributed by atoms with E-state index in [-0.39, 0.29) is 12.4 Å². The van der Waals surface area contributed by atoms with Gasteiger partial charge in [-0.2, -0.15) is 13.2 Å². The van der Waals surface area contributed by atoms with Crippen LogP contribution in [0.2, 0.25) is 0 Å². The molecule has 0 spiro atoms. The summed E-state index contributed by atoms with van der Waals surface area (Å²) in [6.07, 6.45) is -0.637. The molecule has 0 aliphatic carbocycles. The summed E-state index contributed by atoms with van der Waals surface area (Å²) >= 11 is 0. The highest BCUT2D eigenvalue weighted by Gasteiger charge is 2.46. The second-order valence-electron chi connectivity index (χ2n) is 3.44. The number of alkyl halides is 3. The van der Waals surface area contributed by atoms with Crippen LogP contribution in [0.5, 0.6) is 0 Å². The molecule has 0 bridgehead atoms. The van der Waals surface area contributed by atoms with E-state index in [9.17, 15) is 13.2 Å². The number of rotatable bonds is 1. The molecule has 0 unspecified atom stereocenters. The molecule has 6 heteroatoms. The van der Waals surface area contributed by atoms with Crippen molar-refractivity contribution in [2.75, 3.05) is 11.4 Å². The smallest absolute Gasteiger partial charge is 0.329 e. The highest BCUT2D eigenvalue weighted by atomic mass is 19.4. The van der Waals surface area contributed by atoms with Gasteiger partial charge in [-0.05, 0) is 18.9 Å². The first-order valence-corrected chi connectivity index (χ1v) is 4.69. The Kier molecular flexibility index (Phi) is 2.50. The highest BCUT2D eigenvalue weighted by Crippen LogP contribution is 2.34. The van der Waals surface area contributed by atoms with Crippen molar-refractivity contribution >= 4 is 5.95 Å². The maximum Gasteiger partial charge on any atom is 0.408 e. The third kappa shape index (κ3) is 2.03. The predicted molar refractivity (Wildman–Crippen MR) is 48.5 cm³/mol. The summed E-state index contributed by atoms with van der Waals surface area (Å²) in [5.74, 6) is 0.164. The molecular formula is C9H10F3N3. The normalized spacial score (nSPS) is 22.1. The average Bonchev–Trinajstić information content (AvgIpc) is 2.67. The van der Waals surface area contributed by atoms with Crippen LogP contribution in [-0.4, -0.2) is 28.7 Å². The molecule has 1 aliphatic rings. The lowest BCUT2D eigenvalue weighted by atomic mass is 10.2. The van der Waals surface area contributed by atoms with Gasteiger partial charge < -0.3 is 4.90 Å². The van der Waals surface area contributed by atoms with Crippen LogP contribution in [-0.2, 0) is 0 Å². The molecule has 1 aromatic heterocycles. The summed E-state index contributed by atoms with van der Waals surface area (Å²) < 4.78 is 37.8. The standard InChI is InChI=1S/C9H10F3N3/c10-9(11,12)7-3-1-6-15(7)8-13-4-2-5-14-8/h2,4-5,7H,1,3,6H2/t7-/m1/s1. The number of halogens is 3. The molecule has 0 saturated carbocycles. The quantitative estimate of drug-likeness (QED) is 0.720. The van der Waals surface area contributed by atoms with E-state index in [1.54, 1.807) is 6.07 Å². The lowest BCUT2D eigenvalue weighted by Crippen LogP contribution is -2.42. The molecule has 1 atom stereocenters. The number of hydrogen-bond acceptors (Lipinski definition) is 3. The molecule has 2 rings (SSSR count). The predicted octanol–water partition coefficient (Wildman–Crippen LogP) is 2.01. The Morgan fingerprint density at radius 3 is 2.53 bits per heavy atom. The van der Waals surface area contributed by atoms with Gasteiger partial charge >= 0.3 is 6.18 Å². The molecular weight excluding hydrogens is 207 g/mol. The molecule has 1 saturated heterocycles. The van der Waals surface area contributed by atoms with Gasteiger partial charge in [0, 0.05) is 18.9 Å². The van der Waals surface area contributed by atoms with E-state index >= 15 is 0 Å². The molecule has 1 aliphatic heterocycles. The zero-order valence-corrected chi connectivity index (χ0v) is 7.91. The van der Waals surface area contributed by atoms with Gasteiger partial charge in [0.1, 0.15) is 6.04 Å². The number of hydrogen-bond donors (Lipinski definition) is 0. The van der Waals surface area contributed by atoms with Gasteiger partial charge in [-0.1, -0.05) is 0 Å². The maximum atomic E-state index is 12.6. The van der Waals surface area contributed by atoms with Crippen molar-refractivity contribution in [3.63, 3.8) is 0 Å². The van der Waals surface area contributed by atoms with Crippen molar-refractivity contribution in [3.8, 4) is 0 Å². The molecule has 1 aromatic rings. The van der Waals surface area contributed by atoms with Crippen molar-refractivity contribution in [2.24, 2.45) is 0 Å². The van der Waals surface area contributed by atoms with Gasteiger partial charge in [-0.3, -0.25) is 0 Å². The van der Waals surface area contributed by atoms with E-state index in [0.29, 0.717) is 13.0 Å². The van der Waals surface area contributed by atoms with E-state index in [1.165, 1.54) is 17.3 Å². The van der Waals surface area contributed by atoms with Crippen LogP contribution in [0.15, 0.2) is 18.5 Å². The summed E-state index contributed by atoms with van der Waals surface area (Å²) in [4.78, 5) is 8.90. The molecule has 3 nitrogen and oxygen atoms in total. The van der Waals surface area contributed by atoms with E-state index < -0.39 is 12.2 Å². The van der Waals surface area contributed by atoms with Crippen molar-refractivity contribution in [3.05, 3.63) is 18.5 Å². The summed E-state index contributed by atoms with van der Waals surface area (Å²) in [5, 5.41) is 0. The first-order chi connectivity index (χ1) is 7.09. The summed E-state index contributed by atoms with van der Waals surface area (Å²) in [6, 6.07) is 0.155. The van der Waals surface area contributed by atoms with Gasteiger partial charge in [-0.15, -0.1) is 0 Å². The lowest BCUT2D eigenvalue weighted by molar-refractivity contribution is -0.146. The molecule has 0 radical (unpaired) electrons. The molecule has 0 N–H and O–H groups in total. The van der Waals surface area contributed by atoms with Crippen LogP contribution in [0.1, 0.15) is 12.8 Å². The second-order valence-corrected chi connectivity index (χ2v) is 3.44. The van der Waals surface area contributed by atoms with Gasteiger partial charge in [-0.25, -0.2) is 9.97 Å². The summed E-state index contributed by atoms with van der Waals surface area (Å²) in [6.45, 7) is 0.369. The Morgan fingerprint density at radius 2 is 1.93 bits per heavy atom. The van der Waals surface area contributed by atoms with E-state index in [4.69, 9.17) is 0 Å². The summed E-state index contributed by atoms with van der Waals surface area (Å²) in [5.41, 5.74) is 0. The van der Waals surface area contributed by atoms with E-state index in [1.807, 2.05) is 0 Å². The van der Waals surface area contributed by atoms with E-state index in [2.05, 4.69) is 9.97 Å². The first kappa shape index (κ1) is 10.2. The van der Waals surface area contributed by atoms with Gasteiger partial charge in [0.15, 0.2) is 0 Å². The van der Waals surface area contributed by atoms with E-state index in [0.717, 1.165) is 0 Å². The minimum Gasteiger partial charge on any atom is -0.329 e. The SMILES string of the molecule is FC(F)(F)[C@H]1CCCN1c1ncccn1. The van der Waals surface area contributed by atoms with Crippen LogP contribution in [0.4, 0.5) is 19.1 Å². The molecule has 0 aromatic carbocycles. The number of anilines is 1. The Bertz CT molecular complexity index is 325. The largest absolute Gasteiger partial charge is 0.408 e. The van der Waals surface area contributed by atoms with Crippen LogP contribution >= 0.6 is 0 Å². The molecule has 1 fully saturated rings. The van der Waals surface area contributed by atoms with Crippen molar-refractivity contribution in [2.45, 2.75) is 25.1 Å². The third-order valence-electron chi connectivity index (χ3n) is 2.44. The average molecular weight is 217 g/mol. The fraction of sp³-hybridized carbons (Fsp3) is 0.556. The Hall–Kier alpha value is -1.33. The zero-order chi connectivity index (χ0) is 10.9. The summed E-state index contributed by atoms with van der Waals surface area (Å²) in [7, 11) is 0. The van der Waals surface area contributed by atoms with Crippen LogP contribution < -0.4 is 4.90 Å². The van der Waals surface area contributed by atoms with Gasteiger partial charge in [0.25, 0.3) is 0 Å². The van der Waals surface area contributed by atoms with Crippen LogP contribution in [0.3, 0.4) is 0 Å². The van der Waals surface area contributed by atoms with Crippen molar-refractivity contribution < 1.29 is 13.2 Å². The maximum absolute atomic E-state index is 12.6. The number of nitrogens with zero attached hydrogens (tertiary/aromatic N) is 3. The van der Waals surface area contributed by atoms with Crippen molar-refractivity contribution in [1.29, 1.82) is 0 Å². The third-order valence-corrected chi connectivity index (χ3v) is 2.44. The molecule has 2 heterocycles. The zero-order valence-electron chi connectivity index (χ0n) is 7.91. The fourth-order valence-electron chi connectivity index (χ4n) is 1.79. The monoisotopic (exact) mass is 217 g/mol. The topological polar surface area (TPSA) is 29.0 Å². The number of aromatic nitrogens is 2. The van der Waals surface area contributed by atoms with Gasteiger partial charge in [0.2, 0.25) is 5.95 Å². The molecule has 82 valence electrons. The molecule has 0 amide bonds. The fourth-order valence-corrected chi connectivity index (χ4v) is 1.79. The molecule has 15 heavy (non-hydrogen) atoms. The Labute approximate surface area is 84.9 Å². The van der Waals surface area contributed by atoms with Crippen LogP contribution in [0.25, 0.3) is 0 Å². The first-order valence-electron chi connectivity index (χ1n) is 4.69. The Morgan fingerprint density at radius 1 is 1.27 bits per heavy atom. The van der Waals surface area contributed by atoms with Gasteiger partial charge in [0.05, 0.1) is 0 Å². The highest BCUT2D eigenvalue weighted by molar-refractivity contribution is 5.33. The lowest BCUT2D eigenvalue weighted by Gasteiger charge is -2.26. The minimum atomic E-state index is -4.20. The second kappa shape index (κ2) is 3.67. The Balaban J connectivity index is 2.23. The van der Waals surface area contributed by atoms with Crippen molar-refractivity contribution in [1.82, 2.24) is 9.97 Å².